The summed E-state index contributed by atoms with van der Waals surface area (Å²) >= 11 is 3.44. The van der Waals surface area contributed by atoms with E-state index >= 15 is 0 Å². The number of halogens is 2. The average Bonchev–Trinajstić information content (AvgIpc) is 2.39. The van der Waals surface area contributed by atoms with Gasteiger partial charge in [-0.2, -0.15) is 0 Å². The van der Waals surface area contributed by atoms with E-state index in [2.05, 4.69) is 27.4 Å². The Morgan fingerprint density at radius 1 is 1.26 bits per heavy atom. The van der Waals surface area contributed by atoms with Gasteiger partial charge in [-0.3, -0.25) is 11.3 Å². The monoisotopic (exact) mass is 322 g/mol. The van der Waals surface area contributed by atoms with Crippen molar-refractivity contribution in [3.63, 3.8) is 0 Å². The van der Waals surface area contributed by atoms with Crippen molar-refractivity contribution in [1.29, 1.82) is 0 Å². The van der Waals surface area contributed by atoms with Gasteiger partial charge in [0.15, 0.2) is 0 Å². The average molecular weight is 323 g/mol. The second-order valence-corrected chi connectivity index (χ2v) is 5.43. The fourth-order valence-electron chi connectivity index (χ4n) is 2.08. The number of nitrogens with two attached hydrogens (primary N) is 1. The van der Waals surface area contributed by atoms with Gasteiger partial charge in [0.2, 0.25) is 0 Å². The zero-order chi connectivity index (χ0) is 13.8. The smallest absolute Gasteiger partial charge is 0.123 e. The van der Waals surface area contributed by atoms with Crippen molar-refractivity contribution in [2.75, 3.05) is 0 Å². The molecule has 0 aliphatic heterocycles. The second kappa shape index (κ2) is 6.28. The van der Waals surface area contributed by atoms with E-state index in [1.807, 2.05) is 25.1 Å². The molecule has 3 N–H and O–H groups in total. The molecule has 2 aromatic carbocycles. The zero-order valence-electron chi connectivity index (χ0n) is 10.7. The van der Waals surface area contributed by atoms with E-state index in [0.717, 1.165) is 15.6 Å². The zero-order valence-corrected chi connectivity index (χ0v) is 12.2. The van der Waals surface area contributed by atoms with Gasteiger partial charge < -0.3 is 0 Å². The van der Waals surface area contributed by atoms with Crippen LogP contribution in [0.3, 0.4) is 0 Å². The van der Waals surface area contributed by atoms with Crippen LogP contribution in [0.1, 0.15) is 22.7 Å². The number of nitrogens with one attached hydrogen (secondary N) is 1. The second-order valence-electron chi connectivity index (χ2n) is 4.57. The van der Waals surface area contributed by atoms with E-state index in [1.54, 1.807) is 6.07 Å². The Bertz CT molecular complexity index is 572. The van der Waals surface area contributed by atoms with Crippen molar-refractivity contribution in [3.05, 3.63) is 69.4 Å². The summed E-state index contributed by atoms with van der Waals surface area (Å²) in [5.74, 6) is 5.39. The normalized spacial score (nSPS) is 12.4. The third kappa shape index (κ3) is 3.62. The van der Waals surface area contributed by atoms with Crippen molar-refractivity contribution in [1.82, 2.24) is 5.43 Å². The molecule has 0 fully saturated rings. The molecule has 0 spiro atoms. The van der Waals surface area contributed by atoms with Crippen LogP contribution in [0.5, 0.6) is 0 Å². The van der Waals surface area contributed by atoms with Crippen LogP contribution < -0.4 is 11.3 Å². The maximum absolute atomic E-state index is 13.3. The van der Waals surface area contributed by atoms with Gasteiger partial charge in [-0.15, -0.1) is 0 Å². The molecule has 0 aliphatic rings. The van der Waals surface area contributed by atoms with Crippen molar-refractivity contribution >= 4 is 15.9 Å². The third-order valence-corrected chi connectivity index (χ3v) is 3.85. The number of rotatable bonds is 4. The van der Waals surface area contributed by atoms with Crippen LogP contribution in [0.4, 0.5) is 4.39 Å². The summed E-state index contributed by atoms with van der Waals surface area (Å²) in [7, 11) is 0. The molecule has 1 atom stereocenters. The maximum atomic E-state index is 13.3. The van der Waals surface area contributed by atoms with E-state index in [1.165, 1.54) is 17.7 Å². The maximum Gasteiger partial charge on any atom is 0.123 e. The molecule has 100 valence electrons. The number of hydrogen-bond donors (Lipinski definition) is 2. The predicted molar refractivity (Wildman–Crippen MR) is 79.0 cm³/mol. The lowest BCUT2D eigenvalue weighted by atomic mass is 9.98. The molecule has 0 aliphatic carbocycles. The van der Waals surface area contributed by atoms with E-state index in [-0.39, 0.29) is 11.9 Å². The topological polar surface area (TPSA) is 38.0 Å². The Labute approximate surface area is 120 Å². The molecule has 0 radical (unpaired) electrons. The molecular formula is C15H16BrFN2. The lowest BCUT2D eigenvalue weighted by Gasteiger charge is -2.18. The number of hydrogen-bond acceptors (Lipinski definition) is 2. The summed E-state index contributed by atoms with van der Waals surface area (Å²) in [4.78, 5) is 0. The van der Waals surface area contributed by atoms with E-state index < -0.39 is 0 Å². The highest BCUT2D eigenvalue weighted by Crippen LogP contribution is 2.24. The minimum absolute atomic E-state index is 0.0435. The van der Waals surface area contributed by atoms with Gasteiger partial charge in [0.25, 0.3) is 0 Å². The highest BCUT2D eigenvalue weighted by molar-refractivity contribution is 9.10. The third-order valence-electron chi connectivity index (χ3n) is 3.08. The van der Waals surface area contributed by atoms with Gasteiger partial charge >= 0.3 is 0 Å². The van der Waals surface area contributed by atoms with E-state index in [4.69, 9.17) is 5.84 Å². The summed E-state index contributed by atoms with van der Waals surface area (Å²) < 4.78 is 14.2. The number of aryl methyl sites for hydroxylation is 1. The van der Waals surface area contributed by atoms with Gasteiger partial charge in [0, 0.05) is 4.47 Å². The molecule has 4 heteroatoms. The van der Waals surface area contributed by atoms with E-state index in [9.17, 15) is 4.39 Å². The van der Waals surface area contributed by atoms with Crippen LogP contribution in [0.15, 0.2) is 46.9 Å². The number of hydrazine groups is 1. The first kappa shape index (κ1) is 14.2. The molecule has 19 heavy (non-hydrogen) atoms. The first-order valence-electron chi connectivity index (χ1n) is 6.07. The fourth-order valence-corrected chi connectivity index (χ4v) is 2.49. The Morgan fingerprint density at radius 3 is 2.74 bits per heavy atom. The van der Waals surface area contributed by atoms with Gasteiger partial charge in [0.1, 0.15) is 5.82 Å². The molecule has 0 bridgehead atoms. The molecule has 2 rings (SSSR count). The van der Waals surface area contributed by atoms with Crippen LogP contribution in [0, 0.1) is 12.7 Å². The van der Waals surface area contributed by atoms with Gasteiger partial charge in [-0.05, 0) is 42.7 Å². The lowest BCUT2D eigenvalue weighted by Crippen LogP contribution is -2.29. The summed E-state index contributed by atoms with van der Waals surface area (Å²) in [5.41, 5.74) is 5.96. The summed E-state index contributed by atoms with van der Waals surface area (Å²) in [6.07, 6.45) is 0.623. The highest BCUT2D eigenvalue weighted by Gasteiger charge is 2.13. The van der Waals surface area contributed by atoms with Crippen LogP contribution in [0.25, 0.3) is 0 Å². The Hall–Kier alpha value is -1.23. The molecular weight excluding hydrogens is 307 g/mol. The minimum atomic E-state index is -0.238. The minimum Gasteiger partial charge on any atom is -0.271 e. The summed E-state index contributed by atoms with van der Waals surface area (Å²) in [6.45, 7) is 2.04. The first-order chi connectivity index (χ1) is 9.10. The highest BCUT2D eigenvalue weighted by atomic mass is 79.9. The van der Waals surface area contributed by atoms with Crippen molar-refractivity contribution in [3.8, 4) is 0 Å². The van der Waals surface area contributed by atoms with Gasteiger partial charge in [-0.1, -0.05) is 45.8 Å². The Morgan fingerprint density at radius 2 is 2.05 bits per heavy atom. The number of benzene rings is 2. The molecule has 0 saturated carbocycles. The quantitative estimate of drug-likeness (QED) is 0.666. The summed E-state index contributed by atoms with van der Waals surface area (Å²) in [5, 5.41) is 0. The fraction of sp³-hybridized carbons (Fsp3) is 0.200. The molecule has 0 saturated heterocycles. The molecule has 0 heterocycles. The summed E-state index contributed by atoms with van der Waals surface area (Å²) in [6, 6.07) is 12.8. The lowest BCUT2D eigenvalue weighted by molar-refractivity contribution is 0.547. The molecule has 0 aromatic heterocycles. The SMILES string of the molecule is Cc1cccc(C(Cc2cc(F)ccc2Br)NN)c1. The van der Waals surface area contributed by atoms with Crippen molar-refractivity contribution in [2.24, 2.45) is 5.84 Å². The molecule has 2 nitrogen and oxygen atoms in total. The predicted octanol–water partition coefficient (Wildman–Crippen LogP) is 3.64. The molecule has 2 aromatic rings. The van der Waals surface area contributed by atoms with Crippen molar-refractivity contribution < 1.29 is 4.39 Å². The van der Waals surface area contributed by atoms with Gasteiger partial charge in [-0.25, -0.2) is 4.39 Å². The van der Waals surface area contributed by atoms with Gasteiger partial charge in [0.05, 0.1) is 6.04 Å². The van der Waals surface area contributed by atoms with E-state index in [0.29, 0.717) is 6.42 Å². The van der Waals surface area contributed by atoms with Crippen LogP contribution >= 0.6 is 15.9 Å². The van der Waals surface area contributed by atoms with Crippen LogP contribution in [0.2, 0.25) is 0 Å². The Balaban J connectivity index is 2.26. The van der Waals surface area contributed by atoms with Crippen LogP contribution in [-0.4, -0.2) is 0 Å². The molecule has 0 amide bonds. The Kier molecular flexibility index (Phi) is 4.69. The van der Waals surface area contributed by atoms with Crippen molar-refractivity contribution in [2.45, 2.75) is 19.4 Å². The largest absolute Gasteiger partial charge is 0.271 e. The molecule has 1 unspecified atom stereocenters. The standard InChI is InChI=1S/C15H16BrFN2/c1-10-3-2-4-11(7-10)15(19-18)9-12-8-13(17)5-6-14(12)16/h2-8,15,19H,9,18H2,1H3. The first-order valence-corrected chi connectivity index (χ1v) is 6.86. The van der Waals surface area contributed by atoms with Crippen LogP contribution in [-0.2, 0) is 6.42 Å².